The van der Waals surface area contributed by atoms with E-state index in [0.717, 1.165) is 25.0 Å². The van der Waals surface area contributed by atoms with Crippen molar-refractivity contribution < 1.29 is 14.3 Å². The molecule has 0 radical (unpaired) electrons. The van der Waals surface area contributed by atoms with E-state index in [1.807, 2.05) is 31.2 Å². The Morgan fingerprint density at radius 3 is 2.50 bits per heavy atom. The fourth-order valence-corrected chi connectivity index (χ4v) is 2.11. The van der Waals surface area contributed by atoms with E-state index in [0.29, 0.717) is 6.04 Å². The first-order valence-electron chi connectivity index (χ1n) is 7.15. The smallest absolute Gasteiger partial charge is 0.329 e. The summed E-state index contributed by atoms with van der Waals surface area (Å²) in [6.45, 7) is 4.21. The Morgan fingerprint density at radius 2 is 2.00 bits per heavy atom. The fourth-order valence-electron chi connectivity index (χ4n) is 2.11. The lowest BCUT2D eigenvalue weighted by atomic mass is 10.0. The van der Waals surface area contributed by atoms with Crippen LogP contribution < -0.4 is 10.1 Å². The molecule has 1 fully saturated rings. The fraction of sp³-hybridized carbons (Fsp3) is 0.562. The molecule has 0 amide bonds. The predicted molar refractivity (Wildman–Crippen MR) is 77.9 cm³/mol. The highest BCUT2D eigenvalue weighted by atomic mass is 16.5. The van der Waals surface area contributed by atoms with Crippen LogP contribution in [0.1, 0.15) is 32.3 Å². The van der Waals surface area contributed by atoms with E-state index in [1.165, 1.54) is 12.7 Å². The number of carbonyl (C=O) groups is 1. The van der Waals surface area contributed by atoms with Crippen molar-refractivity contribution in [1.29, 1.82) is 0 Å². The van der Waals surface area contributed by atoms with Crippen LogP contribution in [0.15, 0.2) is 24.3 Å². The molecular formula is C16H23NO3. The minimum Gasteiger partial charge on any atom is -0.491 e. The van der Waals surface area contributed by atoms with Gasteiger partial charge in [0.05, 0.1) is 7.11 Å². The molecule has 1 aliphatic rings. The molecule has 1 N–H and O–H groups in total. The van der Waals surface area contributed by atoms with Gasteiger partial charge in [0.2, 0.25) is 0 Å². The summed E-state index contributed by atoms with van der Waals surface area (Å²) in [6.07, 6.45) is 3.22. The van der Waals surface area contributed by atoms with Crippen LogP contribution in [0.3, 0.4) is 0 Å². The Labute approximate surface area is 120 Å². The summed E-state index contributed by atoms with van der Waals surface area (Å²) >= 11 is 0. The van der Waals surface area contributed by atoms with E-state index in [9.17, 15) is 4.79 Å². The van der Waals surface area contributed by atoms with Crippen LogP contribution in [0, 0.1) is 0 Å². The molecule has 20 heavy (non-hydrogen) atoms. The van der Waals surface area contributed by atoms with Crippen LogP contribution in [-0.2, 0) is 16.0 Å². The molecular weight excluding hydrogens is 254 g/mol. The van der Waals surface area contributed by atoms with E-state index in [4.69, 9.17) is 9.47 Å². The van der Waals surface area contributed by atoms with Crippen LogP contribution >= 0.6 is 0 Å². The van der Waals surface area contributed by atoms with E-state index in [2.05, 4.69) is 12.2 Å². The largest absolute Gasteiger partial charge is 0.491 e. The molecule has 1 aromatic carbocycles. The number of nitrogens with one attached hydrogen (secondary N) is 1. The molecule has 0 aliphatic heterocycles. The van der Waals surface area contributed by atoms with Crippen molar-refractivity contribution in [2.75, 3.05) is 13.7 Å². The highest BCUT2D eigenvalue weighted by Gasteiger charge is 2.40. The maximum absolute atomic E-state index is 12.0. The third kappa shape index (κ3) is 3.73. The van der Waals surface area contributed by atoms with Crippen molar-refractivity contribution in [3.63, 3.8) is 0 Å². The summed E-state index contributed by atoms with van der Waals surface area (Å²) in [6, 6.07) is 8.37. The van der Waals surface area contributed by atoms with Gasteiger partial charge in [0.1, 0.15) is 17.9 Å². The molecule has 4 heteroatoms. The molecule has 1 saturated carbocycles. The molecule has 2 rings (SSSR count). The van der Waals surface area contributed by atoms with Gasteiger partial charge in [-0.15, -0.1) is 0 Å². The van der Waals surface area contributed by atoms with Gasteiger partial charge < -0.3 is 9.47 Å². The molecule has 1 aromatic rings. The lowest BCUT2D eigenvalue weighted by Gasteiger charge is -2.28. The number of ether oxygens (including phenoxy) is 2. The van der Waals surface area contributed by atoms with Crippen molar-refractivity contribution in [2.45, 2.75) is 44.7 Å². The first-order valence-corrected chi connectivity index (χ1v) is 7.15. The Hall–Kier alpha value is -1.55. The number of esters is 1. The number of benzene rings is 1. The third-order valence-corrected chi connectivity index (χ3v) is 3.60. The summed E-state index contributed by atoms with van der Waals surface area (Å²) < 4.78 is 10.6. The molecule has 110 valence electrons. The van der Waals surface area contributed by atoms with E-state index in [-0.39, 0.29) is 12.6 Å². The van der Waals surface area contributed by atoms with E-state index < -0.39 is 5.54 Å². The average molecular weight is 277 g/mol. The Bertz CT molecular complexity index is 453. The molecule has 1 unspecified atom stereocenters. The highest BCUT2D eigenvalue weighted by molar-refractivity contribution is 5.80. The lowest BCUT2D eigenvalue weighted by Crippen LogP contribution is -2.55. The molecule has 0 aromatic heterocycles. The van der Waals surface area contributed by atoms with Crippen molar-refractivity contribution in [3.8, 4) is 5.75 Å². The molecule has 0 spiro atoms. The van der Waals surface area contributed by atoms with Gasteiger partial charge >= 0.3 is 5.97 Å². The quantitative estimate of drug-likeness (QED) is 0.777. The van der Waals surface area contributed by atoms with Crippen molar-refractivity contribution >= 4 is 5.97 Å². The van der Waals surface area contributed by atoms with Crippen LogP contribution in [0.5, 0.6) is 5.75 Å². The maximum atomic E-state index is 12.0. The average Bonchev–Trinajstić information content (AvgIpc) is 3.28. The summed E-state index contributed by atoms with van der Waals surface area (Å²) in [5.41, 5.74) is 0.475. The number of hydrogen-bond acceptors (Lipinski definition) is 4. The van der Waals surface area contributed by atoms with Gasteiger partial charge in [0, 0.05) is 6.04 Å². The minimum atomic E-state index is -0.792. The van der Waals surface area contributed by atoms with E-state index in [1.54, 1.807) is 0 Å². The zero-order valence-corrected chi connectivity index (χ0v) is 12.4. The van der Waals surface area contributed by atoms with Gasteiger partial charge in [-0.1, -0.05) is 19.1 Å². The highest BCUT2D eigenvalue weighted by Crippen LogP contribution is 2.24. The summed E-state index contributed by atoms with van der Waals surface area (Å²) in [5.74, 6) is 0.490. The second-order valence-corrected chi connectivity index (χ2v) is 5.53. The number of methoxy groups -OCH3 is 1. The molecule has 0 saturated heterocycles. The Morgan fingerprint density at radius 1 is 1.35 bits per heavy atom. The van der Waals surface area contributed by atoms with Gasteiger partial charge in [-0.05, 0) is 43.9 Å². The van der Waals surface area contributed by atoms with Gasteiger partial charge in [-0.25, -0.2) is 4.79 Å². The molecule has 4 nitrogen and oxygen atoms in total. The van der Waals surface area contributed by atoms with Gasteiger partial charge in [0.25, 0.3) is 0 Å². The van der Waals surface area contributed by atoms with Gasteiger partial charge in [0.15, 0.2) is 0 Å². The topological polar surface area (TPSA) is 47.6 Å². The number of hydrogen-bond donors (Lipinski definition) is 1. The van der Waals surface area contributed by atoms with Crippen molar-refractivity contribution in [3.05, 3.63) is 29.8 Å². The first-order chi connectivity index (χ1) is 9.57. The summed E-state index contributed by atoms with van der Waals surface area (Å²) in [5, 5.41) is 3.31. The second kappa shape index (κ2) is 6.27. The molecule has 1 aliphatic carbocycles. The lowest BCUT2D eigenvalue weighted by molar-refractivity contribution is -0.149. The standard InChI is InChI=1S/C16H23NO3/c1-4-12-5-9-14(10-6-12)20-11-16(2,15(18)19-3)17-13-7-8-13/h5-6,9-10,13,17H,4,7-8,11H2,1-3H3. The number of rotatable bonds is 7. The Kier molecular flexibility index (Phi) is 4.65. The van der Waals surface area contributed by atoms with E-state index >= 15 is 0 Å². The van der Waals surface area contributed by atoms with Crippen molar-refractivity contribution in [2.24, 2.45) is 0 Å². The third-order valence-electron chi connectivity index (χ3n) is 3.60. The van der Waals surface area contributed by atoms with Crippen LogP contribution in [0.25, 0.3) is 0 Å². The number of carbonyl (C=O) groups excluding carboxylic acids is 1. The maximum Gasteiger partial charge on any atom is 0.329 e. The minimum absolute atomic E-state index is 0.266. The number of aryl methyl sites for hydroxylation is 1. The van der Waals surface area contributed by atoms with Crippen LogP contribution in [0.4, 0.5) is 0 Å². The predicted octanol–water partition coefficient (Wildman–Crippen LogP) is 2.31. The van der Waals surface area contributed by atoms with Crippen LogP contribution in [-0.4, -0.2) is 31.3 Å². The summed E-state index contributed by atoms with van der Waals surface area (Å²) in [4.78, 5) is 12.0. The molecule has 1 atom stereocenters. The first kappa shape index (κ1) is 14.9. The SMILES string of the molecule is CCc1ccc(OCC(C)(NC2CC2)C(=O)OC)cc1. The van der Waals surface area contributed by atoms with Gasteiger partial charge in [-0.2, -0.15) is 0 Å². The molecule has 0 heterocycles. The van der Waals surface area contributed by atoms with Gasteiger partial charge in [-0.3, -0.25) is 5.32 Å². The summed E-state index contributed by atoms with van der Waals surface area (Å²) in [7, 11) is 1.41. The van der Waals surface area contributed by atoms with Crippen molar-refractivity contribution in [1.82, 2.24) is 5.32 Å². The molecule has 0 bridgehead atoms. The zero-order chi connectivity index (χ0) is 14.6. The normalized spacial score (nSPS) is 17.4. The monoisotopic (exact) mass is 277 g/mol. The Balaban J connectivity index is 1.97. The second-order valence-electron chi connectivity index (χ2n) is 5.53. The zero-order valence-electron chi connectivity index (χ0n) is 12.4. The van der Waals surface area contributed by atoms with Crippen LogP contribution in [0.2, 0.25) is 0 Å².